The minimum Gasteiger partial charge on any atom is -0.364 e. The molecule has 1 aromatic rings. The molecule has 4 heteroatoms. The molecular formula is C15H19BrFNO. The molecule has 2 fully saturated rings. The molecule has 3 rings (SSSR count). The molecule has 104 valence electrons. The van der Waals surface area contributed by atoms with Crippen molar-refractivity contribution in [3.8, 4) is 0 Å². The summed E-state index contributed by atoms with van der Waals surface area (Å²) in [6.07, 6.45) is 6.13. The fraction of sp³-hybridized carbons (Fsp3) is 0.600. The van der Waals surface area contributed by atoms with E-state index < -0.39 is 0 Å². The van der Waals surface area contributed by atoms with Crippen LogP contribution in [0, 0.1) is 5.82 Å². The standard InChI is InChI=1S/C15H19BrFNO/c16-12-8-11(4-5-13(12)17)14-9-18-10-15(19-14)6-2-1-3-7-15/h4-5,8,14,18H,1-3,6-7,9-10H2. The molecule has 1 aromatic carbocycles. The molecule has 1 unspecified atom stereocenters. The van der Waals surface area contributed by atoms with Crippen molar-refractivity contribution in [2.45, 2.75) is 43.8 Å². The Kier molecular flexibility index (Phi) is 3.92. The van der Waals surface area contributed by atoms with Crippen LogP contribution in [0.25, 0.3) is 0 Å². The van der Waals surface area contributed by atoms with Gasteiger partial charge in [0.1, 0.15) is 5.82 Å². The molecule has 2 nitrogen and oxygen atoms in total. The molecule has 1 saturated heterocycles. The molecule has 0 aromatic heterocycles. The third-order valence-electron chi connectivity index (χ3n) is 4.25. The van der Waals surface area contributed by atoms with Crippen LogP contribution in [0.2, 0.25) is 0 Å². The summed E-state index contributed by atoms with van der Waals surface area (Å²) >= 11 is 3.25. The maximum Gasteiger partial charge on any atom is 0.137 e. The average Bonchev–Trinajstić information content (AvgIpc) is 2.43. The number of ether oxygens (including phenoxy) is 1. The van der Waals surface area contributed by atoms with Crippen molar-refractivity contribution in [3.05, 3.63) is 34.1 Å². The van der Waals surface area contributed by atoms with Crippen molar-refractivity contribution >= 4 is 15.9 Å². The van der Waals surface area contributed by atoms with Crippen molar-refractivity contribution in [3.63, 3.8) is 0 Å². The first-order chi connectivity index (χ1) is 9.19. The Morgan fingerprint density at radius 3 is 2.79 bits per heavy atom. The van der Waals surface area contributed by atoms with E-state index in [9.17, 15) is 4.39 Å². The number of benzene rings is 1. The van der Waals surface area contributed by atoms with Gasteiger partial charge in [-0.15, -0.1) is 0 Å². The van der Waals surface area contributed by atoms with Gasteiger partial charge in [0.2, 0.25) is 0 Å². The predicted octanol–water partition coefficient (Wildman–Crippen LogP) is 3.95. The Morgan fingerprint density at radius 2 is 2.05 bits per heavy atom. The predicted molar refractivity (Wildman–Crippen MR) is 76.6 cm³/mol. The smallest absolute Gasteiger partial charge is 0.137 e. The van der Waals surface area contributed by atoms with E-state index in [2.05, 4.69) is 21.2 Å². The number of nitrogens with one attached hydrogen (secondary N) is 1. The molecule has 0 radical (unpaired) electrons. The van der Waals surface area contributed by atoms with Crippen molar-refractivity contribution in [2.24, 2.45) is 0 Å². The molecule has 1 spiro atoms. The number of hydrogen-bond donors (Lipinski definition) is 1. The van der Waals surface area contributed by atoms with Gasteiger partial charge in [-0.25, -0.2) is 4.39 Å². The fourth-order valence-electron chi connectivity index (χ4n) is 3.21. The van der Waals surface area contributed by atoms with Gasteiger partial charge in [-0.1, -0.05) is 25.3 Å². The lowest BCUT2D eigenvalue weighted by atomic mass is 9.83. The molecule has 1 aliphatic carbocycles. The van der Waals surface area contributed by atoms with Gasteiger partial charge >= 0.3 is 0 Å². The first-order valence-electron chi connectivity index (χ1n) is 7.02. The van der Waals surface area contributed by atoms with Gasteiger partial charge in [-0.2, -0.15) is 0 Å². The Morgan fingerprint density at radius 1 is 1.26 bits per heavy atom. The van der Waals surface area contributed by atoms with E-state index in [0.717, 1.165) is 31.5 Å². The van der Waals surface area contributed by atoms with Gasteiger partial charge in [-0.05, 0) is 46.5 Å². The zero-order valence-corrected chi connectivity index (χ0v) is 12.5. The first-order valence-corrected chi connectivity index (χ1v) is 7.81. The number of halogens is 2. The molecule has 1 saturated carbocycles. The van der Waals surface area contributed by atoms with Crippen LogP contribution in [-0.2, 0) is 4.74 Å². The highest BCUT2D eigenvalue weighted by Gasteiger charge is 2.38. The molecule has 1 heterocycles. The maximum absolute atomic E-state index is 13.3. The maximum atomic E-state index is 13.3. The van der Waals surface area contributed by atoms with Crippen LogP contribution in [0.1, 0.15) is 43.8 Å². The van der Waals surface area contributed by atoms with Gasteiger partial charge < -0.3 is 10.1 Å². The first kappa shape index (κ1) is 13.5. The number of hydrogen-bond acceptors (Lipinski definition) is 2. The van der Waals surface area contributed by atoms with E-state index in [0.29, 0.717) is 4.47 Å². The van der Waals surface area contributed by atoms with Crippen LogP contribution in [0.3, 0.4) is 0 Å². The van der Waals surface area contributed by atoms with Gasteiger partial charge in [0.05, 0.1) is 16.2 Å². The zero-order valence-electron chi connectivity index (χ0n) is 10.9. The normalized spacial score (nSPS) is 26.5. The number of morpholine rings is 1. The second-order valence-corrected chi connectivity index (χ2v) is 6.51. The molecule has 1 N–H and O–H groups in total. The van der Waals surface area contributed by atoms with Crippen LogP contribution >= 0.6 is 15.9 Å². The summed E-state index contributed by atoms with van der Waals surface area (Å²) in [5, 5.41) is 3.49. The lowest BCUT2D eigenvalue weighted by Crippen LogP contribution is -2.51. The Labute approximate surface area is 121 Å². The van der Waals surface area contributed by atoms with Gasteiger partial charge in [0.25, 0.3) is 0 Å². The number of rotatable bonds is 1. The Bertz CT molecular complexity index is 454. The largest absolute Gasteiger partial charge is 0.364 e. The zero-order chi connectivity index (χ0) is 13.3. The van der Waals surface area contributed by atoms with E-state index in [1.165, 1.54) is 25.3 Å². The van der Waals surface area contributed by atoms with Crippen LogP contribution in [0.5, 0.6) is 0 Å². The summed E-state index contributed by atoms with van der Waals surface area (Å²) < 4.78 is 20.2. The third kappa shape index (κ3) is 2.86. The summed E-state index contributed by atoms with van der Waals surface area (Å²) in [5.41, 5.74) is 1.05. The highest BCUT2D eigenvalue weighted by atomic mass is 79.9. The summed E-state index contributed by atoms with van der Waals surface area (Å²) in [4.78, 5) is 0. The molecule has 0 bridgehead atoms. The molecular weight excluding hydrogens is 309 g/mol. The van der Waals surface area contributed by atoms with Crippen LogP contribution < -0.4 is 5.32 Å². The van der Waals surface area contributed by atoms with E-state index >= 15 is 0 Å². The molecule has 19 heavy (non-hydrogen) atoms. The molecule has 1 aliphatic heterocycles. The fourth-order valence-corrected chi connectivity index (χ4v) is 3.60. The summed E-state index contributed by atoms with van der Waals surface area (Å²) in [6.45, 7) is 1.76. The summed E-state index contributed by atoms with van der Waals surface area (Å²) in [6, 6.07) is 5.17. The monoisotopic (exact) mass is 327 g/mol. The second-order valence-electron chi connectivity index (χ2n) is 5.65. The lowest BCUT2D eigenvalue weighted by molar-refractivity contribution is -0.135. The van der Waals surface area contributed by atoms with Gasteiger partial charge in [0.15, 0.2) is 0 Å². The highest BCUT2D eigenvalue weighted by molar-refractivity contribution is 9.10. The van der Waals surface area contributed by atoms with Crippen molar-refractivity contribution < 1.29 is 9.13 Å². The molecule has 1 atom stereocenters. The quantitative estimate of drug-likeness (QED) is 0.843. The minimum absolute atomic E-state index is 0.00201. The van der Waals surface area contributed by atoms with Crippen LogP contribution in [0.15, 0.2) is 22.7 Å². The molecule has 2 aliphatic rings. The van der Waals surface area contributed by atoms with E-state index in [1.807, 2.05) is 12.1 Å². The third-order valence-corrected chi connectivity index (χ3v) is 4.86. The summed E-state index contributed by atoms with van der Waals surface area (Å²) in [7, 11) is 0. The van der Waals surface area contributed by atoms with Crippen LogP contribution in [-0.4, -0.2) is 18.7 Å². The van der Waals surface area contributed by atoms with Gasteiger partial charge in [0, 0.05) is 13.1 Å². The van der Waals surface area contributed by atoms with E-state index in [1.54, 1.807) is 0 Å². The minimum atomic E-state index is -0.222. The Balaban J connectivity index is 1.78. The second kappa shape index (κ2) is 5.51. The van der Waals surface area contributed by atoms with Crippen LogP contribution in [0.4, 0.5) is 4.39 Å². The van der Waals surface area contributed by atoms with Gasteiger partial charge in [-0.3, -0.25) is 0 Å². The van der Waals surface area contributed by atoms with E-state index in [4.69, 9.17) is 4.74 Å². The van der Waals surface area contributed by atoms with Crippen molar-refractivity contribution in [1.82, 2.24) is 5.32 Å². The lowest BCUT2D eigenvalue weighted by Gasteiger charge is -2.44. The average molecular weight is 328 g/mol. The molecule has 0 amide bonds. The SMILES string of the molecule is Fc1ccc(C2CNCC3(CCCCC3)O2)cc1Br. The van der Waals surface area contributed by atoms with Crippen molar-refractivity contribution in [1.29, 1.82) is 0 Å². The summed E-state index contributed by atoms with van der Waals surface area (Å²) in [5.74, 6) is -0.222. The topological polar surface area (TPSA) is 21.3 Å². The van der Waals surface area contributed by atoms with E-state index in [-0.39, 0.29) is 17.5 Å². The Hall–Kier alpha value is -0.450. The highest BCUT2D eigenvalue weighted by Crippen LogP contribution is 2.38. The van der Waals surface area contributed by atoms with Crippen molar-refractivity contribution in [2.75, 3.05) is 13.1 Å².